The predicted molar refractivity (Wildman–Crippen MR) is 95.2 cm³/mol. The van der Waals surface area contributed by atoms with Gasteiger partial charge in [-0.3, -0.25) is 4.79 Å². The molecule has 2 heterocycles. The molecular formula is C19H21NO2S. The summed E-state index contributed by atoms with van der Waals surface area (Å²) in [5.74, 6) is 0.421. The molecule has 0 saturated carbocycles. The van der Waals surface area contributed by atoms with Crippen molar-refractivity contribution in [3.63, 3.8) is 0 Å². The Balaban J connectivity index is 1.60. The van der Waals surface area contributed by atoms with Crippen LogP contribution in [-0.4, -0.2) is 35.6 Å². The SMILES string of the molecule is O=C(/C=C/c1ccc(-c2ccccc2)s1)N1CCC(CO)CC1. The van der Waals surface area contributed by atoms with Crippen molar-refractivity contribution < 1.29 is 9.90 Å². The zero-order valence-electron chi connectivity index (χ0n) is 13.0. The smallest absolute Gasteiger partial charge is 0.246 e. The van der Waals surface area contributed by atoms with E-state index < -0.39 is 0 Å². The predicted octanol–water partition coefficient (Wildman–Crippen LogP) is 3.66. The van der Waals surface area contributed by atoms with Gasteiger partial charge >= 0.3 is 0 Å². The molecule has 0 radical (unpaired) electrons. The number of aliphatic hydroxyl groups excluding tert-OH is 1. The number of carbonyl (C=O) groups excluding carboxylic acids is 1. The maximum Gasteiger partial charge on any atom is 0.246 e. The Labute approximate surface area is 140 Å². The zero-order chi connectivity index (χ0) is 16.1. The van der Waals surface area contributed by atoms with Crippen LogP contribution < -0.4 is 0 Å². The molecule has 23 heavy (non-hydrogen) atoms. The number of carbonyl (C=O) groups is 1. The summed E-state index contributed by atoms with van der Waals surface area (Å²) >= 11 is 1.69. The molecule has 1 saturated heterocycles. The lowest BCUT2D eigenvalue weighted by Gasteiger charge is -2.30. The Morgan fingerprint density at radius 1 is 1.17 bits per heavy atom. The second-order valence-electron chi connectivity index (χ2n) is 5.85. The lowest BCUT2D eigenvalue weighted by molar-refractivity contribution is -0.127. The van der Waals surface area contributed by atoms with E-state index in [0.29, 0.717) is 5.92 Å². The molecule has 1 aliphatic heterocycles. The molecule has 1 aliphatic rings. The number of piperidine rings is 1. The molecule has 0 atom stereocenters. The summed E-state index contributed by atoms with van der Waals surface area (Å²) in [4.78, 5) is 16.4. The highest BCUT2D eigenvalue weighted by molar-refractivity contribution is 7.16. The lowest BCUT2D eigenvalue weighted by Crippen LogP contribution is -2.38. The first-order valence-electron chi connectivity index (χ1n) is 7.99. The van der Waals surface area contributed by atoms with Gasteiger partial charge in [-0.1, -0.05) is 30.3 Å². The molecule has 1 aromatic carbocycles. The highest BCUT2D eigenvalue weighted by Gasteiger charge is 2.20. The van der Waals surface area contributed by atoms with Gasteiger partial charge in [0, 0.05) is 35.5 Å². The second-order valence-corrected chi connectivity index (χ2v) is 6.97. The minimum atomic E-state index is 0.0658. The summed E-state index contributed by atoms with van der Waals surface area (Å²) in [6.45, 7) is 1.72. The molecule has 120 valence electrons. The average Bonchev–Trinajstić information content (AvgIpc) is 3.09. The third-order valence-corrected chi connectivity index (χ3v) is 5.36. The van der Waals surface area contributed by atoms with Gasteiger partial charge in [-0.05, 0) is 42.5 Å². The summed E-state index contributed by atoms with van der Waals surface area (Å²) < 4.78 is 0. The van der Waals surface area contributed by atoms with E-state index in [0.717, 1.165) is 30.8 Å². The molecule has 3 nitrogen and oxygen atoms in total. The molecule has 1 amide bonds. The fourth-order valence-electron chi connectivity index (χ4n) is 2.79. The second kappa shape index (κ2) is 7.57. The van der Waals surface area contributed by atoms with Gasteiger partial charge in [-0.2, -0.15) is 0 Å². The van der Waals surface area contributed by atoms with Crippen molar-refractivity contribution in [2.24, 2.45) is 5.92 Å². The van der Waals surface area contributed by atoms with Gasteiger partial charge in [0.2, 0.25) is 5.91 Å². The van der Waals surface area contributed by atoms with Crippen molar-refractivity contribution in [3.8, 4) is 10.4 Å². The van der Waals surface area contributed by atoms with Crippen molar-refractivity contribution in [2.75, 3.05) is 19.7 Å². The Bertz CT molecular complexity index is 670. The fraction of sp³-hybridized carbons (Fsp3) is 0.316. The molecule has 1 N–H and O–H groups in total. The monoisotopic (exact) mass is 327 g/mol. The molecular weight excluding hydrogens is 306 g/mol. The Kier molecular flexibility index (Phi) is 5.26. The van der Waals surface area contributed by atoms with E-state index in [1.165, 1.54) is 10.4 Å². The van der Waals surface area contributed by atoms with E-state index in [1.54, 1.807) is 17.4 Å². The van der Waals surface area contributed by atoms with Crippen molar-refractivity contribution >= 4 is 23.3 Å². The van der Waals surface area contributed by atoms with E-state index in [-0.39, 0.29) is 12.5 Å². The lowest BCUT2D eigenvalue weighted by atomic mass is 9.98. The summed E-state index contributed by atoms with van der Waals surface area (Å²) in [6.07, 6.45) is 5.36. The highest BCUT2D eigenvalue weighted by Crippen LogP contribution is 2.28. The third-order valence-electron chi connectivity index (χ3n) is 4.26. The molecule has 0 spiro atoms. The molecule has 4 heteroatoms. The molecule has 3 rings (SSSR count). The van der Waals surface area contributed by atoms with Crippen LogP contribution >= 0.6 is 11.3 Å². The van der Waals surface area contributed by atoms with Crippen LogP contribution in [0, 0.1) is 5.92 Å². The maximum absolute atomic E-state index is 12.2. The number of amides is 1. The van der Waals surface area contributed by atoms with Crippen LogP contribution in [0.4, 0.5) is 0 Å². The van der Waals surface area contributed by atoms with Crippen LogP contribution in [0.1, 0.15) is 17.7 Å². The summed E-state index contributed by atoms with van der Waals surface area (Å²) in [5, 5.41) is 9.15. The number of likely N-dealkylation sites (tertiary alicyclic amines) is 1. The number of thiophene rings is 1. The van der Waals surface area contributed by atoms with Gasteiger partial charge in [-0.25, -0.2) is 0 Å². The standard InChI is InChI=1S/C19H21NO2S/c21-14-15-10-12-20(13-11-15)19(22)9-7-17-6-8-18(23-17)16-4-2-1-3-5-16/h1-9,15,21H,10-14H2/b9-7+. The molecule has 0 unspecified atom stereocenters. The van der Waals surface area contributed by atoms with Crippen molar-refractivity contribution in [1.29, 1.82) is 0 Å². The van der Waals surface area contributed by atoms with E-state index in [9.17, 15) is 4.79 Å². The molecule has 0 bridgehead atoms. The fourth-order valence-corrected chi connectivity index (χ4v) is 3.71. The number of rotatable bonds is 4. The van der Waals surface area contributed by atoms with Crippen molar-refractivity contribution in [1.82, 2.24) is 4.90 Å². The number of hydrogen-bond donors (Lipinski definition) is 1. The largest absolute Gasteiger partial charge is 0.396 e. The van der Waals surface area contributed by atoms with E-state index in [1.807, 2.05) is 29.2 Å². The van der Waals surface area contributed by atoms with Gasteiger partial charge in [0.25, 0.3) is 0 Å². The molecule has 2 aromatic rings. The van der Waals surface area contributed by atoms with Gasteiger partial charge in [0.15, 0.2) is 0 Å². The minimum absolute atomic E-state index is 0.0658. The minimum Gasteiger partial charge on any atom is -0.396 e. The Morgan fingerprint density at radius 3 is 2.61 bits per heavy atom. The van der Waals surface area contributed by atoms with Crippen LogP contribution in [0.3, 0.4) is 0 Å². The number of nitrogens with zero attached hydrogens (tertiary/aromatic N) is 1. The number of hydrogen-bond acceptors (Lipinski definition) is 3. The topological polar surface area (TPSA) is 40.5 Å². The van der Waals surface area contributed by atoms with E-state index in [2.05, 4.69) is 24.3 Å². The first-order chi connectivity index (χ1) is 11.3. The molecule has 1 fully saturated rings. The average molecular weight is 327 g/mol. The summed E-state index contributed by atoms with van der Waals surface area (Å²) in [7, 11) is 0. The zero-order valence-corrected chi connectivity index (χ0v) is 13.8. The van der Waals surface area contributed by atoms with Crippen LogP contribution in [0.5, 0.6) is 0 Å². The summed E-state index contributed by atoms with van der Waals surface area (Å²) in [6, 6.07) is 14.4. The van der Waals surface area contributed by atoms with Gasteiger partial charge < -0.3 is 10.0 Å². The van der Waals surface area contributed by atoms with Crippen LogP contribution in [-0.2, 0) is 4.79 Å². The van der Waals surface area contributed by atoms with Crippen molar-refractivity contribution in [3.05, 3.63) is 53.4 Å². The normalized spacial score (nSPS) is 16.1. The van der Waals surface area contributed by atoms with Gasteiger partial charge in [-0.15, -0.1) is 11.3 Å². The first-order valence-corrected chi connectivity index (χ1v) is 8.81. The maximum atomic E-state index is 12.2. The van der Waals surface area contributed by atoms with Crippen LogP contribution in [0.2, 0.25) is 0 Å². The van der Waals surface area contributed by atoms with E-state index >= 15 is 0 Å². The van der Waals surface area contributed by atoms with Crippen LogP contribution in [0.25, 0.3) is 16.5 Å². The molecule has 0 aliphatic carbocycles. The Morgan fingerprint density at radius 2 is 1.91 bits per heavy atom. The summed E-state index contributed by atoms with van der Waals surface area (Å²) in [5.41, 5.74) is 1.20. The van der Waals surface area contributed by atoms with Crippen LogP contribution in [0.15, 0.2) is 48.5 Å². The molecule has 1 aromatic heterocycles. The number of benzene rings is 1. The van der Waals surface area contributed by atoms with Gasteiger partial charge in [0.1, 0.15) is 0 Å². The van der Waals surface area contributed by atoms with Crippen molar-refractivity contribution in [2.45, 2.75) is 12.8 Å². The quantitative estimate of drug-likeness (QED) is 0.871. The first kappa shape index (κ1) is 16.0. The van der Waals surface area contributed by atoms with Gasteiger partial charge in [0.05, 0.1) is 0 Å². The Hall–Kier alpha value is -1.91. The highest BCUT2D eigenvalue weighted by atomic mass is 32.1. The third kappa shape index (κ3) is 4.09. The number of aliphatic hydroxyl groups is 1. The van der Waals surface area contributed by atoms with E-state index in [4.69, 9.17) is 5.11 Å².